The highest BCUT2D eigenvalue weighted by Crippen LogP contribution is 2.26. The fourth-order valence-electron chi connectivity index (χ4n) is 2.78. The summed E-state index contributed by atoms with van der Waals surface area (Å²) in [5, 5.41) is 2.67. The Balaban J connectivity index is 2.05. The topological polar surface area (TPSA) is 54.3 Å². The number of carbonyl (C=O) groups is 2. The molecule has 1 aliphatic rings. The van der Waals surface area contributed by atoms with Gasteiger partial charge in [-0.2, -0.15) is 0 Å². The van der Waals surface area contributed by atoms with E-state index in [1.807, 2.05) is 29.0 Å². The number of halogens is 1. The summed E-state index contributed by atoms with van der Waals surface area (Å²) in [5.74, 6) is -0.939. The molecule has 0 atom stereocenters. The third kappa shape index (κ3) is 3.50. The van der Waals surface area contributed by atoms with E-state index in [9.17, 15) is 9.59 Å². The van der Waals surface area contributed by atoms with Gasteiger partial charge in [0.15, 0.2) is 5.11 Å². The fourth-order valence-corrected chi connectivity index (χ4v) is 3.45. The molecule has 0 aliphatic carbocycles. The van der Waals surface area contributed by atoms with Crippen molar-refractivity contribution in [2.24, 2.45) is 0 Å². The number of benzene rings is 1. The Morgan fingerprint density at radius 1 is 1.15 bits per heavy atom. The molecule has 26 heavy (non-hydrogen) atoms. The van der Waals surface area contributed by atoms with Gasteiger partial charge < -0.3 is 4.57 Å². The number of aromatic nitrogens is 1. The van der Waals surface area contributed by atoms with Crippen molar-refractivity contribution < 1.29 is 9.59 Å². The van der Waals surface area contributed by atoms with Crippen LogP contribution < -0.4 is 10.2 Å². The Bertz CT molecular complexity index is 940. The maximum atomic E-state index is 13.0. The van der Waals surface area contributed by atoms with E-state index in [1.165, 1.54) is 4.90 Å². The van der Waals surface area contributed by atoms with Crippen molar-refractivity contribution in [1.82, 2.24) is 9.88 Å². The van der Waals surface area contributed by atoms with Crippen molar-refractivity contribution in [3.8, 4) is 0 Å². The highest BCUT2D eigenvalue weighted by molar-refractivity contribution is 9.10. The van der Waals surface area contributed by atoms with Gasteiger partial charge in [-0.05, 0) is 69.4 Å². The second-order valence-corrected chi connectivity index (χ2v) is 8.21. The number of hydrogen-bond donors (Lipinski definition) is 1. The summed E-state index contributed by atoms with van der Waals surface area (Å²) in [4.78, 5) is 26.8. The number of thiocarbonyl (C=S) groups is 1. The molecule has 0 bridgehead atoms. The van der Waals surface area contributed by atoms with Crippen LogP contribution in [0.4, 0.5) is 5.69 Å². The Morgan fingerprint density at radius 2 is 1.88 bits per heavy atom. The summed E-state index contributed by atoms with van der Waals surface area (Å²) in [7, 11) is 0. The maximum Gasteiger partial charge on any atom is 0.270 e. The molecule has 134 valence electrons. The van der Waals surface area contributed by atoms with Crippen molar-refractivity contribution >= 4 is 56.8 Å². The van der Waals surface area contributed by atoms with Crippen molar-refractivity contribution in [3.63, 3.8) is 0 Å². The first kappa shape index (κ1) is 18.5. The van der Waals surface area contributed by atoms with E-state index >= 15 is 0 Å². The number of rotatable bonds is 2. The average molecular weight is 432 g/mol. The molecule has 3 rings (SSSR count). The SMILES string of the molecule is CC(C)(C)n1cccc1/C=C1\C(=O)NC(=S)N(c2cccc(Br)c2)C1=O. The number of amides is 2. The van der Waals surface area contributed by atoms with E-state index < -0.39 is 11.8 Å². The van der Waals surface area contributed by atoms with Crippen LogP contribution in [0.1, 0.15) is 26.5 Å². The summed E-state index contributed by atoms with van der Waals surface area (Å²) in [6, 6.07) is 11.0. The minimum atomic E-state index is -0.493. The molecule has 0 saturated carbocycles. The zero-order valence-electron chi connectivity index (χ0n) is 14.6. The van der Waals surface area contributed by atoms with Gasteiger partial charge in [-0.25, -0.2) is 0 Å². The monoisotopic (exact) mass is 431 g/mol. The average Bonchev–Trinajstić information content (AvgIpc) is 3.00. The minimum Gasteiger partial charge on any atom is -0.343 e. The zero-order chi connectivity index (χ0) is 19.1. The van der Waals surface area contributed by atoms with Gasteiger partial charge in [-0.15, -0.1) is 0 Å². The lowest BCUT2D eigenvalue weighted by molar-refractivity contribution is -0.122. The van der Waals surface area contributed by atoms with Gasteiger partial charge in [0.1, 0.15) is 5.57 Å². The molecular formula is C19H18BrN3O2S. The number of hydrogen-bond acceptors (Lipinski definition) is 3. The first-order chi connectivity index (χ1) is 12.2. The summed E-state index contributed by atoms with van der Waals surface area (Å²) < 4.78 is 2.83. The van der Waals surface area contributed by atoms with Crippen LogP contribution in [-0.2, 0) is 15.1 Å². The Morgan fingerprint density at radius 3 is 2.54 bits per heavy atom. The van der Waals surface area contributed by atoms with Crippen molar-refractivity contribution in [1.29, 1.82) is 0 Å². The Kier molecular flexibility index (Phi) is 4.86. The lowest BCUT2D eigenvalue weighted by Gasteiger charge is -2.29. The van der Waals surface area contributed by atoms with Gasteiger partial charge in [0.25, 0.3) is 11.8 Å². The molecule has 1 fully saturated rings. The van der Waals surface area contributed by atoms with Crippen LogP contribution >= 0.6 is 28.1 Å². The van der Waals surface area contributed by atoms with Gasteiger partial charge >= 0.3 is 0 Å². The second kappa shape index (κ2) is 6.81. The molecule has 1 aromatic heterocycles. The summed E-state index contributed by atoms with van der Waals surface area (Å²) in [6.07, 6.45) is 3.53. The predicted molar refractivity (Wildman–Crippen MR) is 110 cm³/mol. The lowest BCUT2D eigenvalue weighted by atomic mass is 10.1. The summed E-state index contributed by atoms with van der Waals surface area (Å²) in [5.41, 5.74) is 1.23. The molecule has 5 nitrogen and oxygen atoms in total. The van der Waals surface area contributed by atoms with E-state index in [0.717, 1.165) is 10.2 Å². The van der Waals surface area contributed by atoms with Crippen LogP contribution in [0.15, 0.2) is 52.6 Å². The van der Waals surface area contributed by atoms with E-state index in [4.69, 9.17) is 12.2 Å². The molecule has 1 aromatic carbocycles. The predicted octanol–water partition coefficient (Wildman–Crippen LogP) is 3.84. The molecule has 2 aromatic rings. The normalized spacial score (nSPS) is 17.0. The fraction of sp³-hybridized carbons (Fsp3) is 0.211. The first-order valence-electron chi connectivity index (χ1n) is 8.03. The molecule has 2 heterocycles. The molecular weight excluding hydrogens is 414 g/mol. The number of carbonyl (C=O) groups excluding carboxylic acids is 2. The molecule has 1 N–H and O–H groups in total. The van der Waals surface area contributed by atoms with E-state index in [0.29, 0.717) is 5.69 Å². The van der Waals surface area contributed by atoms with Crippen molar-refractivity contribution in [2.75, 3.05) is 4.90 Å². The third-order valence-corrected chi connectivity index (χ3v) is 4.74. The molecule has 1 saturated heterocycles. The zero-order valence-corrected chi connectivity index (χ0v) is 17.0. The van der Waals surface area contributed by atoms with Gasteiger partial charge in [0.2, 0.25) is 0 Å². The van der Waals surface area contributed by atoms with E-state index in [-0.39, 0.29) is 16.2 Å². The number of nitrogens with one attached hydrogen (secondary N) is 1. The number of nitrogens with zero attached hydrogens (tertiary/aromatic N) is 2. The van der Waals surface area contributed by atoms with Crippen LogP contribution in [0.3, 0.4) is 0 Å². The van der Waals surface area contributed by atoms with Crippen molar-refractivity contribution in [2.45, 2.75) is 26.3 Å². The van der Waals surface area contributed by atoms with Crippen LogP contribution in [0.25, 0.3) is 6.08 Å². The molecule has 0 radical (unpaired) electrons. The van der Waals surface area contributed by atoms with Gasteiger partial charge in [-0.1, -0.05) is 22.0 Å². The largest absolute Gasteiger partial charge is 0.343 e. The Hall–Kier alpha value is -2.25. The van der Waals surface area contributed by atoms with Gasteiger partial charge in [0, 0.05) is 21.9 Å². The van der Waals surface area contributed by atoms with Crippen LogP contribution in [0.2, 0.25) is 0 Å². The molecule has 0 unspecified atom stereocenters. The first-order valence-corrected chi connectivity index (χ1v) is 9.23. The highest BCUT2D eigenvalue weighted by atomic mass is 79.9. The van der Waals surface area contributed by atoms with Gasteiger partial charge in [-0.3, -0.25) is 19.8 Å². The molecule has 0 spiro atoms. The summed E-state index contributed by atoms with van der Waals surface area (Å²) in [6.45, 7) is 6.17. The molecule has 2 amide bonds. The third-order valence-electron chi connectivity index (χ3n) is 3.96. The molecule has 1 aliphatic heterocycles. The number of anilines is 1. The minimum absolute atomic E-state index is 0.0442. The van der Waals surface area contributed by atoms with Gasteiger partial charge in [0.05, 0.1) is 5.69 Å². The molecule has 7 heteroatoms. The van der Waals surface area contributed by atoms with E-state index in [2.05, 4.69) is 42.0 Å². The van der Waals surface area contributed by atoms with Crippen LogP contribution in [-0.4, -0.2) is 21.5 Å². The van der Waals surface area contributed by atoms with E-state index in [1.54, 1.807) is 24.3 Å². The highest BCUT2D eigenvalue weighted by Gasteiger charge is 2.35. The lowest BCUT2D eigenvalue weighted by Crippen LogP contribution is -2.54. The smallest absolute Gasteiger partial charge is 0.270 e. The second-order valence-electron chi connectivity index (χ2n) is 6.91. The standard InChI is InChI=1S/C19H18BrN3O2S/c1-19(2,3)22-9-5-8-13(22)11-15-16(24)21-18(26)23(17(15)25)14-7-4-6-12(20)10-14/h4-11H,1-3H3,(H,21,24,26)/b15-11+. The van der Waals surface area contributed by atoms with Crippen molar-refractivity contribution in [3.05, 3.63) is 58.3 Å². The van der Waals surface area contributed by atoms with Crippen LogP contribution in [0, 0.1) is 0 Å². The Labute approximate surface area is 165 Å². The van der Waals surface area contributed by atoms with Crippen LogP contribution in [0.5, 0.6) is 0 Å². The quantitative estimate of drug-likeness (QED) is 0.446. The maximum absolute atomic E-state index is 13.0. The summed E-state index contributed by atoms with van der Waals surface area (Å²) >= 11 is 8.61.